The van der Waals surface area contributed by atoms with Gasteiger partial charge in [0.1, 0.15) is 4.34 Å². The van der Waals surface area contributed by atoms with E-state index in [-0.39, 0.29) is 0 Å². The predicted octanol–water partition coefficient (Wildman–Crippen LogP) is 3.22. The van der Waals surface area contributed by atoms with Gasteiger partial charge in [-0.15, -0.1) is 11.3 Å². The van der Waals surface area contributed by atoms with E-state index >= 15 is 0 Å². The molecule has 1 fully saturated rings. The van der Waals surface area contributed by atoms with E-state index in [1.165, 1.54) is 5.57 Å². The molecule has 0 aliphatic carbocycles. The van der Waals surface area contributed by atoms with Gasteiger partial charge in [-0.1, -0.05) is 23.9 Å². The van der Waals surface area contributed by atoms with Gasteiger partial charge in [-0.25, -0.2) is 4.98 Å². The van der Waals surface area contributed by atoms with Crippen LogP contribution in [0.1, 0.15) is 33.1 Å². The first-order chi connectivity index (χ1) is 12.2. The molecule has 2 N–H and O–H groups in total. The molecule has 0 saturated carbocycles. The lowest BCUT2D eigenvalue weighted by molar-refractivity contribution is 0.221. The Balaban J connectivity index is 1.67. The zero-order chi connectivity index (χ0) is 17.9. The zero-order valence-electron chi connectivity index (χ0n) is 15.5. The third-order valence-corrected chi connectivity index (χ3v) is 6.03. The van der Waals surface area contributed by atoms with Crippen molar-refractivity contribution in [2.45, 2.75) is 43.5 Å². The smallest absolute Gasteiger partial charge is 0.191 e. The number of nitrogens with zero attached hydrogens (tertiary/aromatic N) is 3. The highest BCUT2D eigenvalue weighted by molar-refractivity contribution is 8.00. The number of nitrogens with one attached hydrogen (secondary N) is 2. The molecule has 140 valence electrons. The average Bonchev–Trinajstić information content (AvgIpc) is 3.09. The predicted molar refractivity (Wildman–Crippen MR) is 111 cm³/mol. The van der Waals surface area contributed by atoms with Gasteiger partial charge in [0.2, 0.25) is 0 Å². The van der Waals surface area contributed by atoms with Crippen molar-refractivity contribution in [3.63, 3.8) is 0 Å². The van der Waals surface area contributed by atoms with Gasteiger partial charge in [-0.05, 0) is 33.1 Å². The van der Waals surface area contributed by atoms with E-state index in [1.807, 2.05) is 23.3 Å². The van der Waals surface area contributed by atoms with Crippen LogP contribution in [-0.4, -0.2) is 60.4 Å². The van der Waals surface area contributed by atoms with Gasteiger partial charge >= 0.3 is 0 Å². The molecule has 0 amide bonds. The fourth-order valence-electron chi connectivity index (χ4n) is 2.83. The van der Waals surface area contributed by atoms with Crippen molar-refractivity contribution < 1.29 is 0 Å². The third kappa shape index (κ3) is 8.25. The molecule has 7 heteroatoms. The van der Waals surface area contributed by atoms with E-state index < -0.39 is 0 Å². The molecule has 0 aromatic carbocycles. The lowest BCUT2D eigenvalue weighted by atomic mass is 10.0. The van der Waals surface area contributed by atoms with Crippen LogP contribution in [0, 0.1) is 0 Å². The Morgan fingerprint density at radius 1 is 1.48 bits per heavy atom. The molecule has 25 heavy (non-hydrogen) atoms. The van der Waals surface area contributed by atoms with Gasteiger partial charge < -0.3 is 10.6 Å². The first-order valence-electron chi connectivity index (χ1n) is 9.11. The number of hydrogen-bond donors (Lipinski definition) is 2. The monoisotopic (exact) mass is 381 g/mol. The first kappa shape index (κ1) is 20.3. The summed E-state index contributed by atoms with van der Waals surface area (Å²) in [6.07, 6.45) is 5.26. The normalized spacial score (nSPS) is 16.8. The Morgan fingerprint density at radius 2 is 2.28 bits per heavy atom. The summed E-state index contributed by atoms with van der Waals surface area (Å²) in [7, 11) is 0. The maximum atomic E-state index is 4.73. The Bertz CT molecular complexity index is 522. The maximum absolute atomic E-state index is 4.73. The molecule has 0 atom stereocenters. The van der Waals surface area contributed by atoms with Crippen molar-refractivity contribution in [3.8, 4) is 0 Å². The van der Waals surface area contributed by atoms with Crippen LogP contribution in [0.2, 0.25) is 0 Å². The van der Waals surface area contributed by atoms with E-state index in [0.717, 1.165) is 68.0 Å². The molecule has 1 saturated heterocycles. The van der Waals surface area contributed by atoms with E-state index in [2.05, 4.69) is 40.9 Å². The Morgan fingerprint density at radius 3 is 2.92 bits per heavy atom. The molecule has 0 unspecified atom stereocenters. The zero-order valence-corrected chi connectivity index (χ0v) is 17.1. The number of guanidine groups is 1. The summed E-state index contributed by atoms with van der Waals surface area (Å²) in [5, 5.41) is 9.00. The number of piperidine rings is 1. The molecule has 1 aliphatic rings. The van der Waals surface area contributed by atoms with Crippen LogP contribution in [0.5, 0.6) is 0 Å². The summed E-state index contributed by atoms with van der Waals surface area (Å²) >= 11 is 3.52. The molecule has 1 aromatic rings. The fourth-order valence-corrected chi connectivity index (χ4v) is 4.46. The SMILES string of the molecule is C=C(C)CN1CCC(NC(=NCCCSc2nccs2)NCC)CC1. The van der Waals surface area contributed by atoms with Crippen molar-refractivity contribution in [1.29, 1.82) is 0 Å². The van der Waals surface area contributed by atoms with Crippen LogP contribution >= 0.6 is 23.1 Å². The van der Waals surface area contributed by atoms with Crippen LogP contribution in [-0.2, 0) is 0 Å². The van der Waals surface area contributed by atoms with Gasteiger partial charge in [0, 0.05) is 56.1 Å². The Kier molecular flexibility index (Phi) is 9.36. The third-order valence-electron chi connectivity index (χ3n) is 3.97. The van der Waals surface area contributed by atoms with E-state index in [0.29, 0.717) is 6.04 Å². The number of aliphatic imine (C=N–C) groups is 1. The maximum Gasteiger partial charge on any atom is 0.191 e. The number of thioether (sulfide) groups is 1. The summed E-state index contributed by atoms with van der Waals surface area (Å²) in [6.45, 7) is 13.3. The van der Waals surface area contributed by atoms with Crippen molar-refractivity contribution in [2.24, 2.45) is 4.99 Å². The number of rotatable bonds is 9. The van der Waals surface area contributed by atoms with Gasteiger partial charge in [0.25, 0.3) is 0 Å². The topological polar surface area (TPSA) is 52.5 Å². The van der Waals surface area contributed by atoms with Crippen molar-refractivity contribution >= 4 is 29.1 Å². The second-order valence-corrected chi connectivity index (χ2v) is 8.65. The number of thiazole rings is 1. The van der Waals surface area contributed by atoms with E-state index in [4.69, 9.17) is 4.99 Å². The summed E-state index contributed by atoms with van der Waals surface area (Å²) in [5.74, 6) is 2.02. The molecule has 0 radical (unpaired) electrons. The highest BCUT2D eigenvalue weighted by atomic mass is 32.2. The summed E-state index contributed by atoms with van der Waals surface area (Å²) in [6, 6.07) is 0.517. The van der Waals surface area contributed by atoms with Crippen LogP contribution in [0.3, 0.4) is 0 Å². The molecule has 0 bridgehead atoms. The minimum atomic E-state index is 0.517. The van der Waals surface area contributed by atoms with Gasteiger partial charge in [-0.2, -0.15) is 0 Å². The first-order valence-corrected chi connectivity index (χ1v) is 11.0. The molecule has 1 aromatic heterocycles. The second-order valence-electron chi connectivity index (χ2n) is 6.41. The largest absolute Gasteiger partial charge is 0.357 e. The highest BCUT2D eigenvalue weighted by Crippen LogP contribution is 2.20. The van der Waals surface area contributed by atoms with Gasteiger partial charge in [0.05, 0.1) is 0 Å². The van der Waals surface area contributed by atoms with Crippen LogP contribution in [0.4, 0.5) is 0 Å². The van der Waals surface area contributed by atoms with Crippen LogP contribution < -0.4 is 10.6 Å². The Labute approximate surface area is 160 Å². The quantitative estimate of drug-likeness (QED) is 0.226. The lowest BCUT2D eigenvalue weighted by Crippen LogP contribution is -2.48. The summed E-state index contributed by atoms with van der Waals surface area (Å²) in [4.78, 5) is 11.5. The average molecular weight is 382 g/mol. The molecule has 2 heterocycles. The van der Waals surface area contributed by atoms with Crippen molar-refractivity contribution in [1.82, 2.24) is 20.5 Å². The number of aromatic nitrogens is 1. The highest BCUT2D eigenvalue weighted by Gasteiger charge is 2.19. The minimum Gasteiger partial charge on any atom is -0.357 e. The molecular formula is C18H31N5S2. The molecule has 1 aliphatic heterocycles. The molecule has 2 rings (SSSR count). The summed E-state index contributed by atoms with van der Waals surface area (Å²) in [5.41, 5.74) is 1.25. The van der Waals surface area contributed by atoms with Gasteiger partial charge in [-0.3, -0.25) is 9.89 Å². The van der Waals surface area contributed by atoms with Crippen LogP contribution in [0.25, 0.3) is 0 Å². The molecule has 0 spiro atoms. The molecule has 5 nitrogen and oxygen atoms in total. The van der Waals surface area contributed by atoms with E-state index in [9.17, 15) is 0 Å². The summed E-state index contributed by atoms with van der Waals surface area (Å²) < 4.78 is 1.15. The lowest BCUT2D eigenvalue weighted by Gasteiger charge is -2.33. The fraction of sp³-hybridized carbons (Fsp3) is 0.667. The second kappa shape index (κ2) is 11.5. The van der Waals surface area contributed by atoms with Crippen molar-refractivity contribution in [2.75, 3.05) is 38.5 Å². The number of hydrogen-bond acceptors (Lipinski definition) is 5. The number of likely N-dealkylation sites (tertiary alicyclic amines) is 1. The van der Waals surface area contributed by atoms with Crippen LogP contribution in [0.15, 0.2) is 33.1 Å². The van der Waals surface area contributed by atoms with E-state index in [1.54, 1.807) is 11.3 Å². The van der Waals surface area contributed by atoms with Gasteiger partial charge in [0.15, 0.2) is 5.96 Å². The standard InChI is InChI=1S/C18H31N5S2/c1-4-19-17(20-8-5-12-24-18-21-9-13-25-18)22-16-6-10-23(11-7-16)14-15(2)3/h9,13,16H,2,4-8,10-12,14H2,1,3H3,(H2,19,20,22). The Hall–Kier alpha value is -1.05. The molecular weight excluding hydrogens is 350 g/mol. The minimum absolute atomic E-state index is 0.517. The van der Waals surface area contributed by atoms with Crippen molar-refractivity contribution in [3.05, 3.63) is 23.7 Å².